The van der Waals surface area contributed by atoms with Crippen LogP contribution in [0.4, 0.5) is 17.6 Å². The fraction of sp³-hybridized carbons (Fsp3) is 0.538. The first-order chi connectivity index (χ1) is 9.37. The third kappa shape index (κ3) is 4.07. The van der Waals surface area contributed by atoms with Gasteiger partial charge in [-0.15, -0.1) is 0 Å². The smallest absolute Gasteiger partial charge is 0.314 e. The van der Waals surface area contributed by atoms with Gasteiger partial charge in [-0.05, 0) is 23.8 Å². The zero-order valence-corrected chi connectivity index (χ0v) is 11.4. The second kappa shape index (κ2) is 6.28. The summed E-state index contributed by atoms with van der Waals surface area (Å²) in [6.45, 7) is 2.18. The van der Waals surface area contributed by atoms with Gasteiger partial charge in [-0.1, -0.05) is 11.6 Å². The Morgan fingerprint density at radius 2 is 1.90 bits per heavy atom. The van der Waals surface area contributed by atoms with Crippen LogP contribution in [0.5, 0.6) is 0 Å². The maximum Gasteiger partial charge on any atom is 0.390 e. The van der Waals surface area contributed by atoms with Crippen LogP contribution in [0.15, 0.2) is 18.2 Å². The van der Waals surface area contributed by atoms with Crippen LogP contribution in [0.3, 0.4) is 0 Å². The number of alkyl halides is 3. The van der Waals surface area contributed by atoms with Gasteiger partial charge in [-0.25, -0.2) is 4.39 Å². The van der Waals surface area contributed by atoms with E-state index in [2.05, 4.69) is 5.32 Å². The summed E-state index contributed by atoms with van der Waals surface area (Å²) in [5, 5.41) is 3.25. The second-order valence-electron chi connectivity index (χ2n) is 4.79. The Labute approximate surface area is 119 Å². The normalized spacial score (nSPS) is 19.1. The van der Waals surface area contributed by atoms with Crippen LogP contribution >= 0.6 is 11.6 Å². The fourth-order valence-corrected chi connectivity index (χ4v) is 2.66. The molecular formula is C13H15ClF4N2. The predicted octanol–water partition coefficient (Wildman–Crippen LogP) is 3.38. The topological polar surface area (TPSA) is 15.3 Å². The maximum atomic E-state index is 13.3. The molecule has 1 aromatic carbocycles. The molecule has 1 saturated heterocycles. The Kier molecular flexibility index (Phi) is 4.88. The number of halogens is 5. The molecule has 0 spiro atoms. The third-order valence-corrected chi connectivity index (χ3v) is 3.68. The van der Waals surface area contributed by atoms with Gasteiger partial charge in [0.15, 0.2) is 0 Å². The van der Waals surface area contributed by atoms with E-state index in [1.54, 1.807) is 4.90 Å². The van der Waals surface area contributed by atoms with E-state index in [4.69, 9.17) is 11.6 Å². The van der Waals surface area contributed by atoms with Crippen LogP contribution in [0.25, 0.3) is 0 Å². The van der Waals surface area contributed by atoms with Crippen molar-refractivity contribution in [2.24, 2.45) is 0 Å². The van der Waals surface area contributed by atoms with E-state index in [9.17, 15) is 17.6 Å². The van der Waals surface area contributed by atoms with E-state index < -0.39 is 24.5 Å². The number of hydrogen-bond acceptors (Lipinski definition) is 2. The average molecular weight is 311 g/mol. The van der Waals surface area contributed by atoms with E-state index in [1.807, 2.05) is 0 Å². The van der Waals surface area contributed by atoms with Crippen LogP contribution in [-0.2, 0) is 0 Å². The highest BCUT2D eigenvalue weighted by Crippen LogP contribution is 2.37. The Morgan fingerprint density at radius 1 is 1.25 bits per heavy atom. The first kappa shape index (κ1) is 15.5. The zero-order valence-electron chi connectivity index (χ0n) is 10.7. The SMILES string of the molecule is Fc1ccc(Cl)c([C@H](CC(F)(F)F)N2CCNCC2)c1. The van der Waals surface area contributed by atoms with Gasteiger partial charge >= 0.3 is 6.18 Å². The molecule has 2 nitrogen and oxygen atoms in total. The van der Waals surface area contributed by atoms with Crippen molar-refractivity contribution in [1.29, 1.82) is 0 Å². The highest BCUT2D eigenvalue weighted by atomic mass is 35.5. The second-order valence-corrected chi connectivity index (χ2v) is 5.19. The first-order valence-electron chi connectivity index (χ1n) is 6.33. The Morgan fingerprint density at radius 3 is 2.50 bits per heavy atom. The summed E-state index contributed by atoms with van der Waals surface area (Å²) < 4.78 is 51.7. The number of nitrogens with one attached hydrogen (secondary N) is 1. The molecular weight excluding hydrogens is 296 g/mol. The molecule has 1 heterocycles. The molecule has 0 amide bonds. The third-order valence-electron chi connectivity index (χ3n) is 3.33. The van der Waals surface area contributed by atoms with Crippen molar-refractivity contribution in [3.63, 3.8) is 0 Å². The van der Waals surface area contributed by atoms with Crippen molar-refractivity contribution in [3.05, 3.63) is 34.6 Å². The van der Waals surface area contributed by atoms with E-state index in [0.29, 0.717) is 26.2 Å². The molecule has 0 unspecified atom stereocenters. The molecule has 20 heavy (non-hydrogen) atoms. The Balaban J connectivity index is 2.31. The fourth-order valence-electron chi connectivity index (χ4n) is 2.42. The summed E-state index contributed by atoms with van der Waals surface area (Å²) in [5.74, 6) is -0.577. The van der Waals surface area contributed by atoms with E-state index >= 15 is 0 Å². The van der Waals surface area contributed by atoms with Gasteiger partial charge in [0.2, 0.25) is 0 Å². The van der Waals surface area contributed by atoms with Crippen LogP contribution in [0, 0.1) is 5.82 Å². The summed E-state index contributed by atoms with van der Waals surface area (Å²) in [5.41, 5.74) is 0.200. The molecule has 1 N–H and O–H groups in total. The minimum Gasteiger partial charge on any atom is -0.314 e. The van der Waals surface area contributed by atoms with Gasteiger partial charge in [-0.2, -0.15) is 13.2 Å². The zero-order chi connectivity index (χ0) is 14.8. The Hall–Kier alpha value is -0.850. The number of rotatable bonds is 3. The van der Waals surface area contributed by atoms with Crippen molar-refractivity contribution in [1.82, 2.24) is 10.2 Å². The van der Waals surface area contributed by atoms with Gasteiger partial charge in [0.25, 0.3) is 0 Å². The molecule has 7 heteroatoms. The molecule has 0 bridgehead atoms. The number of hydrogen-bond donors (Lipinski definition) is 1. The lowest BCUT2D eigenvalue weighted by atomic mass is 10.0. The molecule has 1 aromatic rings. The number of nitrogens with zero attached hydrogens (tertiary/aromatic N) is 1. The minimum absolute atomic E-state index is 0.166. The molecule has 0 radical (unpaired) electrons. The molecule has 1 aliphatic rings. The van der Waals surface area contributed by atoms with Gasteiger partial charge in [-0.3, -0.25) is 4.90 Å². The van der Waals surface area contributed by atoms with Gasteiger partial charge in [0.05, 0.1) is 6.42 Å². The molecule has 0 aromatic heterocycles. The first-order valence-corrected chi connectivity index (χ1v) is 6.71. The molecule has 2 rings (SSSR count). The lowest BCUT2D eigenvalue weighted by Gasteiger charge is -2.36. The summed E-state index contributed by atoms with van der Waals surface area (Å²) in [7, 11) is 0. The van der Waals surface area contributed by atoms with Crippen molar-refractivity contribution in [2.75, 3.05) is 26.2 Å². The van der Waals surface area contributed by atoms with Crippen LogP contribution in [0.2, 0.25) is 5.02 Å². The van der Waals surface area contributed by atoms with Crippen molar-refractivity contribution >= 4 is 11.6 Å². The summed E-state index contributed by atoms with van der Waals surface area (Å²) in [6.07, 6.45) is -5.36. The molecule has 112 valence electrons. The van der Waals surface area contributed by atoms with Crippen LogP contribution in [0.1, 0.15) is 18.0 Å². The highest BCUT2D eigenvalue weighted by molar-refractivity contribution is 6.31. The summed E-state index contributed by atoms with van der Waals surface area (Å²) in [4.78, 5) is 1.70. The molecule has 1 aliphatic heterocycles. The summed E-state index contributed by atoms with van der Waals surface area (Å²) >= 11 is 5.96. The standard InChI is InChI=1S/C13H15ClF4N2/c14-11-2-1-9(15)7-10(11)12(8-13(16,17)18)20-5-3-19-4-6-20/h1-2,7,12,19H,3-6,8H2/t12-/m0/s1. The molecule has 1 atom stereocenters. The van der Waals surface area contributed by atoms with Gasteiger partial charge < -0.3 is 5.32 Å². The van der Waals surface area contributed by atoms with Gasteiger partial charge in [0, 0.05) is 37.2 Å². The maximum absolute atomic E-state index is 13.3. The summed E-state index contributed by atoms with van der Waals surface area (Å²) in [6, 6.07) is 2.60. The Bertz CT molecular complexity index is 458. The van der Waals surface area contributed by atoms with Crippen molar-refractivity contribution in [2.45, 2.75) is 18.6 Å². The number of benzene rings is 1. The largest absolute Gasteiger partial charge is 0.390 e. The minimum atomic E-state index is -4.33. The molecule has 0 saturated carbocycles. The van der Waals surface area contributed by atoms with E-state index in [-0.39, 0.29) is 10.6 Å². The quantitative estimate of drug-likeness (QED) is 0.861. The highest BCUT2D eigenvalue weighted by Gasteiger charge is 2.36. The van der Waals surface area contributed by atoms with Crippen LogP contribution < -0.4 is 5.32 Å². The van der Waals surface area contributed by atoms with Crippen LogP contribution in [-0.4, -0.2) is 37.3 Å². The number of piperazine rings is 1. The lowest BCUT2D eigenvalue weighted by Crippen LogP contribution is -2.46. The van der Waals surface area contributed by atoms with E-state index in [1.165, 1.54) is 6.07 Å². The lowest BCUT2D eigenvalue weighted by molar-refractivity contribution is -0.148. The van der Waals surface area contributed by atoms with Crippen molar-refractivity contribution in [3.8, 4) is 0 Å². The van der Waals surface area contributed by atoms with Gasteiger partial charge in [0.1, 0.15) is 5.82 Å². The molecule has 1 fully saturated rings. The van der Waals surface area contributed by atoms with Crippen molar-refractivity contribution < 1.29 is 17.6 Å². The van der Waals surface area contributed by atoms with E-state index in [0.717, 1.165) is 12.1 Å². The molecule has 0 aliphatic carbocycles. The predicted molar refractivity (Wildman–Crippen MR) is 69.3 cm³/mol. The average Bonchev–Trinajstić information content (AvgIpc) is 2.39. The monoisotopic (exact) mass is 310 g/mol.